The van der Waals surface area contributed by atoms with Crippen LogP contribution >= 0.6 is 0 Å². The SMILES string of the molecule is C[C@@H]1O[C@H]1C1=C[C@H](O)[C@@H](C)OC1=O. The molecule has 2 rings (SSSR count). The maximum atomic E-state index is 11.3. The third-order valence-corrected chi connectivity index (χ3v) is 2.38. The van der Waals surface area contributed by atoms with E-state index in [1.54, 1.807) is 6.92 Å². The maximum absolute atomic E-state index is 11.3. The molecular formula is C9H12O4. The van der Waals surface area contributed by atoms with Crippen LogP contribution in [0.3, 0.4) is 0 Å². The summed E-state index contributed by atoms with van der Waals surface area (Å²) in [5.41, 5.74) is 0.457. The number of hydrogen-bond acceptors (Lipinski definition) is 4. The highest BCUT2D eigenvalue weighted by Gasteiger charge is 2.44. The number of rotatable bonds is 1. The minimum Gasteiger partial charge on any atom is -0.456 e. The van der Waals surface area contributed by atoms with Crippen LogP contribution in [0.15, 0.2) is 11.6 Å². The quantitative estimate of drug-likeness (QED) is 0.460. The van der Waals surface area contributed by atoms with Crippen molar-refractivity contribution in [3.05, 3.63) is 11.6 Å². The van der Waals surface area contributed by atoms with Crippen molar-refractivity contribution in [1.29, 1.82) is 0 Å². The van der Waals surface area contributed by atoms with E-state index in [0.717, 1.165) is 0 Å². The van der Waals surface area contributed by atoms with E-state index in [2.05, 4.69) is 0 Å². The van der Waals surface area contributed by atoms with E-state index in [-0.39, 0.29) is 18.2 Å². The molecule has 0 bridgehead atoms. The number of esters is 1. The topological polar surface area (TPSA) is 59.1 Å². The first kappa shape index (κ1) is 8.72. The zero-order valence-electron chi connectivity index (χ0n) is 7.56. The Bertz CT molecular complexity index is 271. The molecule has 2 heterocycles. The molecule has 1 N–H and O–H groups in total. The Kier molecular flexibility index (Phi) is 1.89. The zero-order valence-corrected chi connectivity index (χ0v) is 7.56. The molecular weight excluding hydrogens is 172 g/mol. The average Bonchev–Trinajstić information content (AvgIpc) is 2.75. The number of cyclic esters (lactones) is 1. The molecule has 0 aromatic carbocycles. The van der Waals surface area contributed by atoms with Crippen LogP contribution in [0, 0.1) is 0 Å². The fourth-order valence-corrected chi connectivity index (χ4v) is 1.42. The van der Waals surface area contributed by atoms with Crippen molar-refractivity contribution in [1.82, 2.24) is 0 Å². The number of ether oxygens (including phenoxy) is 2. The summed E-state index contributed by atoms with van der Waals surface area (Å²) in [6.45, 7) is 3.54. The van der Waals surface area contributed by atoms with Crippen molar-refractivity contribution in [2.45, 2.75) is 38.3 Å². The lowest BCUT2D eigenvalue weighted by molar-refractivity contribution is -0.150. The van der Waals surface area contributed by atoms with Gasteiger partial charge in [-0.25, -0.2) is 4.79 Å². The van der Waals surface area contributed by atoms with Crippen LogP contribution < -0.4 is 0 Å². The number of carbonyl (C=O) groups is 1. The summed E-state index contributed by atoms with van der Waals surface area (Å²) in [7, 11) is 0. The number of carbonyl (C=O) groups excluding carboxylic acids is 1. The van der Waals surface area contributed by atoms with E-state index in [9.17, 15) is 9.90 Å². The number of epoxide rings is 1. The van der Waals surface area contributed by atoms with Crippen molar-refractivity contribution >= 4 is 5.97 Å². The first-order chi connectivity index (χ1) is 6.09. The van der Waals surface area contributed by atoms with E-state index < -0.39 is 12.2 Å². The van der Waals surface area contributed by atoms with Gasteiger partial charge in [-0.05, 0) is 19.9 Å². The summed E-state index contributed by atoms with van der Waals surface area (Å²) in [5, 5.41) is 9.42. The molecule has 4 heteroatoms. The Labute approximate surface area is 76.1 Å². The van der Waals surface area contributed by atoms with Gasteiger partial charge in [-0.1, -0.05) is 0 Å². The lowest BCUT2D eigenvalue weighted by Gasteiger charge is -2.22. The molecule has 1 fully saturated rings. The van der Waals surface area contributed by atoms with Crippen molar-refractivity contribution in [3.63, 3.8) is 0 Å². The average molecular weight is 184 g/mol. The van der Waals surface area contributed by atoms with Gasteiger partial charge in [0.2, 0.25) is 0 Å². The molecule has 0 aliphatic carbocycles. The Morgan fingerprint density at radius 2 is 2.00 bits per heavy atom. The molecule has 13 heavy (non-hydrogen) atoms. The number of hydrogen-bond donors (Lipinski definition) is 1. The second-order valence-corrected chi connectivity index (χ2v) is 3.48. The molecule has 4 nitrogen and oxygen atoms in total. The largest absolute Gasteiger partial charge is 0.456 e. The van der Waals surface area contributed by atoms with Gasteiger partial charge >= 0.3 is 5.97 Å². The third kappa shape index (κ3) is 1.47. The monoisotopic (exact) mass is 184 g/mol. The van der Waals surface area contributed by atoms with Crippen LogP contribution in [0.5, 0.6) is 0 Å². The molecule has 0 aromatic rings. The Balaban J connectivity index is 2.17. The minimum atomic E-state index is -0.705. The molecule has 0 spiro atoms. The van der Waals surface area contributed by atoms with Gasteiger partial charge < -0.3 is 14.6 Å². The fraction of sp³-hybridized carbons (Fsp3) is 0.667. The van der Waals surface area contributed by atoms with Crippen molar-refractivity contribution in [3.8, 4) is 0 Å². The minimum absolute atomic E-state index is 0.0689. The molecule has 2 aliphatic heterocycles. The Morgan fingerprint density at radius 3 is 2.54 bits per heavy atom. The van der Waals surface area contributed by atoms with E-state index >= 15 is 0 Å². The van der Waals surface area contributed by atoms with Crippen molar-refractivity contribution in [2.75, 3.05) is 0 Å². The number of aliphatic hydroxyl groups excluding tert-OH is 1. The van der Waals surface area contributed by atoms with Crippen LogP contribution in [0.4, 0.5) is 0 Å². The van der Waals surface area contributed by atoms with Crippen LogP contribution in [0.25, 0.3) is 0 Å². The Hall–Kier alpha value is -0.870. The molecule has 0 saturated carbocycles. The molecule has 0 unspecified atom stereocenters. The van der Waals surface area contributed by atoms with E-state index in [1.165, 1.54) is 6.08 Å². The molecule has 72 valence electrons. The van der Waals surface area contributed by atoms with E-state index in [4.69, 9.17) is 9.47 Å². The van der Waals surface area contributed by atoms with Crippen molar-refractivity contribution < 1.29 is 19.4 Å². The summed E-state index contributed by atoms with van der Waals surface area (Å²) in [6.07, 6.45) is 0.272. The summed E-state index contributed by atoms with van der Waals surface area (Å²) in [4.78, 5) is 11.3. The highest BCUT2D eigenvalue weighted by molar-refractivity contribution is 5.91. The summed E-state index contributed by atoms with van der Waals surface area (Å²) in [5.74, 6) is -0.368. The summed E-state index contributed by atoms with van der Waals surface area (Å²) in [6, 6.07) is 0. The molecule has 0 amide bonds. The van der Waals surface area contributed by atoms with E-state index in [0.29, 0.717) is 5.57 Å². The van der Waals surface area contributed by atoms with Gasteiger partial charge in [0.05, 0.1) is 11.7 Å². The Morgan fingerprint density at radius 1 is 1.38 bits per heavy atom. The normalized spacial score (nSPS) is 43.9. The van der Waals surface area contributed by atoms with E-state index in [1.807, 2.05) is 6.92 Å². The summed E-state index contributed by atoms with van der Waals surface area (Å²) < 4.78 is 10.1. The number of aliphatic hydroxyl groups is 1. The van der Waals surface area contributed by atoms with Crippen LogP contribution in [-0.2, 0) is 14.3 Å². The van der Waals surface area contributed by atoms with Gasteiger partial charge in [-0.3, -0.25) is 0 Å². The lowest BCUT2D eigenvalue weighted by atomic mass is 10.0. The van der Waals surface area contributed by atoms with Crippen LogP contribution in [-0.4, -0.2) is 35.5 Å². The van der Waals surface area contributed by atoms with Crippen LogP contribution in [0.1, 0.15) is 13.8 Å². The van der Waals surface area contributed by atoms with Gasteiger partial charge in [-0.2, -0.15) is 0 Å². The predicted octanol–water partition coefficient (Wildman–Crippen LogP) is 0.00630. The van der Waals surface area contributed by atoms with Crippen molar-refractivity contribution in [2.24, 2.45) is 0 Å². The molecule has 2 aliphatic rings. The van der Waals surface area contributed by atoms with Gasteiger partial charge in [0.15, 0.2) is 0 Å². The second-order valence-electron chi connectivity index (χ2n) is 3.48. The maximum Gasteiger partial charge on any atom is 0.336 e. The summed E-state index contributed by atoms with van der Waals surface area (Å²) >= 11 is 0. The van der Waals surface area contributed by atoms with Gasteiger partial charge in [0.25, 0.3) is 0 Å². The fourth-order valence-electron chi connectivity index (χ4n) is 1.42. The smallest absolute Gasteiger partial charge is 0.336 e. The molecule has 4 atom stereocenters. The van der Waals surface area contributed by atoms with Gasteiger partial charge in [0, 0.05) is 0 Å². The first-order valence-corrected chi connectivity index (χ1v) is 4.36. The van der Waals surface area contributed by atoms with Crippen LogP contribution in [0.2, 0.25) is 0 Å². The molecule has 0 aromatic heterocycles. The van der Waals surface area contributed by atoms with Gasteiger partial charge in [0.1, 0.15) is 18.3 Å². The lowest BCUT2D eigenvalue weighted by Crippen LogP contribution is -2.34. The predicted molar refractivity (Wildman–Crippen MR) is 44.0 cm³/mol. The molecule has 0 radical (unpaired) electrons. The molecule has 1 saturated heterocycles. The zero-order chi connectivity index (χ0) is 9.59. The second kappa shape index (κ2) is 2.82. The highest BCUT2D eigenvalue weighted by Crippen LogP contribution is 2.32. The third-order valence-electron chi connectivity index (χ3n) is 2.38. The van der Waals surface area contributed by atoms with Gasteiger partial charge in [-0.15, -0.1) is 0 Å². The first-order valence-electron chi connectivity index (χ1n) is 4.36. The highest BCUT2D eigenvalue weighted by atomic mass is 16.6. The standard InChI is InChI=1S/C9H12O4/c1-4-7(10)3-6(9(11)13-4)8-5(2)12-8/h3-5,7-8,10H,1-2H3/t4-,5+,7+,8-/m1/s1.